The average molecular weight is 401 g/mol. The maximum atomic E-state index is 12.8. The van der Waals surface area contributed by atoms with Crippen molar-refractivity contribution in [3.63, 3.8) is 0 Å². The third-order valence-corrected chi connectivity index (χ3v) is 6.23. The Labute approximate surface area is 164 Å². The maximum Gasteiger partial charge on any atom is 0.374 e. The van der Waals surface area contributed by atoms with Gasteiger partial charge in [0.2, 0.25) is 15.8 Å². The number of hydrogen-bond donors (Lipinski definition) is 0. The van der Waals surface area contributed by atoms with Crippen molar-refractivity contribution in [3.8, 4) is 0 Å². The van der Waals surface area contributed by atoms with Gasteiger partial charge in [0.05, 0.1) is 23.7 Å². The minimum atomic E-state index is -3.57. The van der Waals surface area contributed by atoms with E-state index in [0.29, 0.717) is 27.9 Å². The molecule has 6 nitrogen and oxygen atoms in total. The van der Waals surface area contributed by atoms with Crippen LogP contribution < -0.4 is 4.31 Å². The topological polar surface area (TPSA) is 76.8 Å². The number of rotatable bonds is 6. The second-order valence-electron chi connectivity index (χ2n) is 6.46. The van der Waals surface area contributed by atoms with E-state index in [-0.39, 0.29) is 18.1 Å². The van der Waals surface area contributed by atoms with Gasteiger partial charge in [-0.15, -0.1) is 0 Å². The predicted molar refractivity (Wildman–Crippen MR) is 110 cm³/mol. The highest BCUT2D eigenvalue weighted by Crippen LogP contribution is 2.34. The van der Waals surface area contributed by atoms with E-state index in [0.717, 1.165) is 5.56 Å². The number of esters is 1. The van der Waals surface area contributed by atoms with Crippen LogP contribution in [0.4, 0.5) is 11.4 Å². The number of anilines is 2. The summed E-state index contributed by atoms with van der Waals surface area (Å²) >= 11 is 0. The lowest BCUT2D eigenvalue weighted by atomic mass is 10.1. The van der Waals surface area contributed by atoms with E-state index in [9.17, 15) is 13.2 Å². The molecule has 0 spiro atoms. The van der Waals surface area contributed by atoms with Gasteiger partial charge in [0.15, 0.2) is 0 Å². The zero-order valence-electron chi connectivity index (χ0n) is 16.4. The molecule has 0 aliphatic rings. The fraction of sp³-hybridized carbons (Fsp3) is 0.286. The first-order valence-corrected chi connectivity index (χ1v) is 10.7. The van der Waals surface area contributed by atoms with Crippen molar-refractivity contribution in [2.45, 2.75) is 27.7 Å². The molecule has 0 bridgehead atoms. The van der Waals surface area contributed by atoms with Gasteiger partial charge in [0, 0.05) is 10.9 Å². The molecule has 0 saturated carbocycles. The van der Waals surface area contributed by atoms with Gasteiger partial charge in [-0.25, -0.2) is 17.5 Å². The number of carbonyl (C=O) groups excluding carboxylic acids is 1. The third kappa shape index (κ3) is 3.62. The van der Waals surface area contributed by atoms with Crippen molar-refractivity contribution in [2.24, 2.45) is 0 Å². The highest BCUT2D eigenvalue weighted by Gasteiger charge is 2.25. The van der Waals surface area contributed by atoms with Crippen molar-refractivity contribution >= 4 is 38.3 Å². The molecule has 2 aromatic carbocycles. The van der Waals surface area contributed by atoms with Gasteiger partial charge in [-0.1, -0.05) is 17.7 Å². The molecule has 0 unspecified atom stereocenters. The van der Waals surface area contributed by atoms with Gasteiger partial charge in [-0.05, 0) is 58.0 Å². The number of furan rings is 1. The monoisotopic (exact) mass is 401 g/mol. The Morgan fingerprint density at radius 1 is 1.04 bits per heavy atom. The summed E-state index contributed by atoms with van der Waals surface area (Å²) in [6.45, 7) is 7.28. The normalized spacial score (nSPS) is 11.6. The summed E-state index contributed by atoms with van der Waals surface area (Å²) in [6, 6.07) is 12.4. The molecule has 1 heterocycles. The van der Waals surface area contributed by atoms with E-state index in [1.165, 1.54) is 4.31 Å². The predicted octanol–water partition coefficient (Wildman–Crippen LogP) is 4.71. The molecule has 3 aromatic rings. The van der Waals surface area contributed by atoms with Gasteiger partial charge in [-0.3, -0.25) is 0 Å². The summed E-state index contributed by atoms with van der Waals surface area (Å²) in [6.07, 6.45) is 0. The summed E-state index contributed by atoms with van der Waals surface area (Å²) in [4.78, 5) is 12.1. The minimum absolute atomic E-state index is 0.0443. The van der Waals surface area contributed by atoms with Crippen molar-refractivity contribution in [1.82, 2.24) is 0 Å². The number of ether oxygens (including phenoxy) is 1. The Balaban J connectivity index is 2.16. The van der Waals surface area contributed by atoms with E-state index in [2.05, 4.69) is 0 Å². The van der Waals surface area contributed by atoms with Gasteiger partial charge in [0.25, 0.3) is 0 Å². The molecule has 0 aliphatic heterocycles. The maximum absolute atomic E-state index is 12.8. The molecule has 0 fully saturated rings. The summed E-state index contributed by atoms with van der Waals surface area (Å²) in [7, 11) is -3.57. The first-order valence-electron chi connectivity index (χ1n) is 9.08. The molecule has 0 aliphatic carbocycles. The van der Waals surface area contributed by atoms with Crippen LogP contribution in [0.2, 0.25) is 0 Å². The van der Waals surface area contributed by atoms with Crippen LogP contribution in [-0.2, 0) is 14.8 Å². The number of aryl methyl sites for hydroxylation is 2. The van der Waals surface area contributed by atoms with Crippen LogP contribution in [-0.4, -0.2) is 26.7 Å². The lowest BCUT2D eigenvalue weighted by molar-refractivity contribution is 0.0491. The van der Waals surface area contributed by atoms with Crippen LogP contribution >= 0.6 is 0 Å². The number of nitrogens with zero attached hydrogens (tertiary/aromatic N) is 1. The Morgan fingerprint density at radius 2 is 1.68 bits per heavy atom. The molecule has 0 atom stereocenters. The highest BCUT2D eigenvalue weighted by molar-refractivity contribution is 7.93. The second-order valence-corrected chi connectivity index (χ2v) is 8.56. The van der Waals surface area contributed by atoms with Crippen molar-refractivity contribution < 1.29 is 22.4 Å². The van der Waals surface area contributed by atoms with Crippen molar-refractivity contribution in [2.75, 3.05) is 16.7 Å². The fourth-order valence-corrected chi connectivity index (χ4v) is 4.14. The Morgan fingerprint density at radius 3 is 2.29 bits per heavy atom. The van der Waals surface area contributed by atoms with E-state index in [1.54, 1.807) is 51.1 Å². The smallest absolute Gasteiger partial charge is 0.374 e. The van der Waals surface area contributed by atoms with E-state index < -0.39 is 16.0 Å². The van der Waals surface area contributed by atoms with Crippen LogP contribution in [0, 0.1) is 13.8 Å². The van der Waals surface area contributed by atoms with E-state index in [4.69, 9.17) is 9.15 Å². The molecule has 28 heavy (non-hydrogen) atoms. The standard InChI is InChI=1S/C21H23NO5S/c1-5-26-21(23)20-15(4)18-13-17(11-12-19(18)27-20)22(28(24,25)6-2)16-9-7-14(3)8-10-16/h7-13H,5-6H2,1-4H3. The molecule has 0 saturated heterocycles. The van der Waals surface area contributed by atoms with Crippen LogP contribution in [0.25, 0.3) is 11.0 Å². The zero-order chi connectivity index (χ0) is 20.5. The van der Waals surface area contributed by atoms with E-state index in [1.807, 2.05) is 19.1 Å². The van der Waals surface area contributed by atoms with Crippen molar-refractivity contribution in [3.05, 3.63) is 59.4 Å². The van der Waals surface area contributed by atoms with Crippen LogP contribution in [0.15, 0.2) is 46.9 Å². The molecule has 7 heteroatoms. The quantitative estimate of drug-likeness (QED) is 0.559. The largest absolute Gasteiger partial charge is 0.460 e. The van der Waals surface area contributed by atoms with Gasteiger partial charge >= 0.3 is 5.97 Å². The molecule has 0 amide bonds. The molecule has 0 N–H and O–H groups in total. The molecule has 3 rings (SSSR count). The highest BCUT2D eigenvalue weighted by atomic mass is 32.2. The Bertz CT molecular complexity index is 1110. The summed E-state index contributed by atoms with van der Waals surface area (Å²) in [5, 5.41) is 0.670. The van der Waals surface area contributed by atoms with Crippen LogP contribution in [0.5, 0.6) is 0 Å². The third-order valence-electron chi connectivity index (χ3n) is 4.53. The molecule has 1 aromatic heterocycles. The first kappa shape index (κ1) is 19.9. The second kappa shape index (κ2) is 7.67. The van der Waals surface area contributed by atoms with Gasteiger partial charge in [0.1, 0.15) is 5.58 Å². The first-order chi connectivity index (χ1) is 13.3. The summed E-state index contributed by atoms with van der Waals surface area (Å²) in [5.41, 5.74) is 3.20. The molecule has 148 valence electrons. The van der Waals surface area contributed by atoms with E-state index >= 15 is 0 Å². The molecule has 0 radical (unpaired) electrons. The Kier molecular flexibility index (Phi) is 5.47. The number of hydrogen-bond acceptors (Lipinski definition) is 5. The lowest BCUT2D eigenvalue weighted by Gasteiger charge is -2.24. The Hall–Kier alpha value is -2.80. The summed E-state index contributed by atoms with van der Waals surface area (Å²) < 4.78 is 37.7. The van der Waals surface area contributed by atoms with Crippen LogP contribution in [0.3, 0.4) is 0 Å². The van der Waals surface area contributed by atoms with Gasteiger partial charge in [-0.2, -0.15) is 0 Å². The summed E-state index contributed by atoms with van der Waals surface area (Å²) in [5.74, 6) is -0.444. The van der Waals surface area contributed by atoms with Crippen molar-refractivity contribution in [1.29, 1.82) is 0 Å². The van der Waals surface area contributed by atoms with Gasteiger partial charge < -0.3 is 9.15 Å². The number of benzene rings is 2. The average Bonchev–Trinajstić information content (AvgIpc) is 3.00. The molecular weight excluding hydrogens is 378 g/mol. The number of carbonyl (C=O) groups is 1. The number of fused-ring (bicyclic) bond motifs is 1. The SMILES string of the molecule is CCOC(=O)c1oc2ccc(N(c3ccc(C)cc3)S(=O)(=O)CC)cc2c1C. The lowest BCUT2D eigenvalue weighted by Crippen LogP contribution is -2.27. The van der Waals surface area contributed by atoms with Crippen LogP contribution in [0.1, 0.15) is 35.5 Å². The fourth-order valence-electron chi connectivity index (χ4n) is 3.01. The number of sulfonamides is 1. The molecular formula is C21H23NO5S. The minimum Gasteiger partial charge on any atom is -0.460 e. The zero-order valence-corrected chi connectivity index (χ0v) is 17.2.